The summed E-state index contributed by atoms with van der Waals surface area (Å²) in [6.45, 7) is 8.16. The average molecular weight is 265 g/mol. The van der Waals surface area contributed by atoms with Crippen LogP contribution in [0.5, 0.6) is 5.75 Å². The van der Waals surface area contributed by atoms with Crippen LogP contribution in [0.4, 0.5) is 5.82 Å². The molecule has 19 heavy (non-hydrogen) atoms. The highest BCUT2D eigenvalue weighted by molar-refractivity contribution is 5.43. The Balaban J connectivity index is 1.92. The van der Waals surface area contributed by atoms with Gasteiger partial charge in [-0.3, -0.25) is 4.90 Å². The maximum atomic E-state index is 9.84. The van der Waals surface area contributed by atoms with Gasteiger partial charge in [0.15, 0.2) is 0 Å². The summed E-state index contributed by atoms with van der Waals surface area (Å²) in [5, 5.41) is 9.84. The molecule has 2 heterocycles. The lowest BCUT2D eigenvalue weighted by Gasteiger charge is -2.37. The van der Waals surface area contributed by atoms with Crippen LogP contribution in [-0.2, 0) is 0 Å². The second-order valence-corrected chi connectivity index (χ2v) is 5.63. The first kappa shape index (κ1) is 14.1. The van der Waals surface area contributed by atoms with Crippen molar-refractivity contribution in [2.45, 2.75) is 19.4 Å². The smallest absolute Gasteiger partial charge is 0.132 e. The van der Waals surface area contributed by atoms with Gasteiger partial charge in [-0.15, -0.1) is 0 Å². The van der Waals surface area contributed by atoms with E-state index in [1.165, 1.54) is 0 Å². The summed E-state index contributed by atoms with van der Waals surface area (Å²) < 4.78 is 5.22. The van der Waals surface area contributed by atoms with Gasteiger partial charge < -0.3 is 14.7 Å². The van der Waals surface area contributed by atoms with Gasteiger partial charge in [-0.05, 0) is 19.9 Å². The van der Waals surface area contributed by atoms with Crippen molar-refractivity contribution in [3.63, 3.8) is 0 Å². The third-order valence-electron chi connectivity index (χ3n) is 3.26. The van der Waals surface area contributed by atoms with Crippen LogP contribution in [0, 0.1) is 0 Å². The largest absolute Gasteiger partial charge is 0.497 e. The van der Waals surface area contributed by atoms with Gasteiger partial charge in [0.05, 0.1) is 12.7 Å². The Morgan fingerprint density at radius 2 is 2.00 bits per heavy atom. The Labute approximate surface area is 114 Å². The zero-order valence-corrected chi connectivity index (χ0v) is 12.0. The fourth-order valence-electron chi connectivity index (χ4n) is 2.38. The van der Waals surface area contributed by atoms with Crippen LogP contribution in [0.3, 0.4) is 0 Å². The topological polar surface area (TPSA) is 48.8 Å². The SMILES string of the molecule is COc1ccnc(N2CCN(CC(C)(C)O)CC2)c1. The van der Waals surface area contributed by atoms with E-state index in [0.717, 1.165) is 37.7 Å². The molecule has 0 unspecified atom stereocenters. The minimum atomic E-state index is -0.629. The number of nitrogens with zero attached hydrogens (tertiary/aromatic N) is 3. The molecule has 1 fully saturated rings. The van der Waals surface area contributed by atoms with E-state index in [9.17, 15) is 5.11 Å². The highest BCUT2D eigenvalue weighted by Gasteiger charge is 2.23. The molecule has 1 aromatic rings. The van der Waals surface area contributed by atoms with Gasteiger partial charge in [0.2, 0.25) is 0 Å². The third-order valence-corrected chi connectivity index (χ3v) is 3.26. The lowest BCUT2D eigenvalue weighted by atomic mass is 10.1. The number of rotatable bonds is 4. The zero-order valence-electron chi connectivity index (χ0n) is 12.0. The number of pyridine rings is 1. The van der Waals surface area contributed by atoms with Crippen LogP contribution >= 0.6 is 0 Å². The molecule has 0 atom stereocenters. The van der Waals surface area contributed by atoms with Gasteiger partial charge in [0.1, 0.15) is 11.6 Å². The summed E-state index contributed by atoms with van der Waals surface area (Å²) in [5.74, 6) is 1.80. The van der Waals surface area contributed by atoms with Gasteiger partial charge in [0.25, 0.3) is 0 Å². The summed E-state index contributed by atoms with van der Waals surface area (Å²) in [5.41, 5.74) is -0.629. The quantitative estimate of drug-likeness (QED) is 0.879. The van der Waals surface area contributed by atoms with Crippen LogP contribution in [0.25, 0.3) is 0 Å². The minimum Gasteiger partial charge on any atom is -0.497 e. The number of aromatic nitrogens is 1. The number of aliphatic hydroxyl groups is 1. The highest BCUT2D eigenvalue weighted by Crippen LogP contribution is 2.19. The van der Waals surface area contributed by atoms with E-state index < -0.39 is 5.60 Å². The van der Waals surface area contributed by atoms with Crippen molar-refractivity contribution in [2.75, 3.05) is 44.7 Å². The number of piperazine rings is 1. The van der Waals surface area contributed by atoms with Crippen LogP contribution in [0.2, 0.25) is 0 Å². The van der Waals surface area contributed by atoms with Crippen LogP contribution in [-0.4, -0.2) is 60.4 Å². The first-order chi connectivity index (χ1) is 8.98. The fraction of sp³-hybridized carbons (Fsp3) is 0.643. The van der Waals surface area contributed by atoms with E-state index in [1.807, 2.05) is 26.0 Å². The molecule has 5 nitrogen and oxygen atoms in total. The Morgan fingerprint density at radius 3 is 2.58 bits per heavy atom. The number of hydrogen-bond acceptors (Lipinski definition) is 5. The Hall–Kier alpha value is -1.33. The number of methoxy groups -OCH3 is 1. The van der Waals surface area contributed by atoms with E-state index in [1.54, 1.807) is 13.3 Å². The lowest BCUT2D eigenvalue weighted by molar-refractivity contribution is 0.0344. The number of β-amino-alcohol motifs (C(OH)–C–C–N with tert-alkyl or cyclic N) is 1. The maximum Gasteiger partial charge on any atom is 0.132 e. The van der Waals surface area contributed by atoms with Gasteiger partial charge in [-0.2, -0.15) is 0 Å². The number of ether oxygens (including phenoxy) is 1. The number of anilines is 1. The molecule has 0 bridgehead atoms. The van der Waals surface area contributed by atoms with E-state index >= 15 is 0 Å². The number of hydrogen-bond donors (Lipinski definition) is 1. The Bertz CT molecular complexity index is 409. The van der Waals surface area contributed by atoms with Gasteiger partial charge in [-0.1, -0.05) is 0 Å². The van der Waals surface area contributed by atoms with Gasteiger partial charge in [0, 0.05) is 45.0 Å². The fourth-order valence-corrected chi connectivity index (χ4v) is 2.38. The third kappa shape index (κ3) is 4.08. The second-order valence-electron chi connectivity index (χ2n) is 5.63. The average Bonchev–Trinajstić information content (AvgIpc) is 2.38. The summed E-state index contributed by atoms with van der Waals surface area (Å²) >= 11 is 0. The predicted octanol–water partition coefficient (Wildman–Crippen LogP) is 0.983. The van der Waals surface area contributed by atoms with Crippen molar-refractivity contribution < 1.29 is 9.84 Å². The van der Waals surface area contributed by atoms with Gasteiger partial charge >= 0.3 is 0 Å². The Morgan fingerprint density at radius 1 is 1.32 bits per heavy atom. The van der Waals surface area contributed by atoms with Crippen molar-refractivity contribution in [2.24, 2.45) is 0 Å². The normalized spacial score (nSPS) is 17.6. The molecule has 0 aromatic carbocycles. The predicted molar refractivity (Wildman–Crippen MR) is 75.7 cm³/mol. The zero-order chi connectivity index (χ0) is 13.9. The van der Waals surface area contributed by atoms with E-state index in [-0.39, 0.29) is 0 Å². The molecular formula is C14H23N3O2. The standard InChI is InChI=1S/C14H23N3O2/c1-14(2,18)11-16-6-8-17(9-7-16)13-10-12(19-3)4-5-15-13/h4-5,10,18H,6-9,11H2,1-3H3. The second kappa shape index (κ2) is 5.75. The van der Waals surface area contributed by atoms with Crippen LogP contribution in [0.15, 0.2) is 18.3 Å². The molecule has 5 heteroatoms. The van der Waals surface area contributed by atoms with Crippen molar-refractivity contribution in [1.82, 2.24) is 9.88 Å². The summed E-state index contributed by atoms with van der Waals surface area (Å²) in [4.78, 5) is 8.93. The molecule has 0 spiro atoms. The van der Waals surface area contributed by atoms with E-state index in [2.05, 4.69) is 14.8 Å². The molecule has 1 aliphatic rings. The lowest BCUT2D eigenvalue weighted by Crippen LogP contribution is -2.50. The van der Waals surface area contributed by atoms with Crippen molar-refractivity contribution in [1.29, 1.82) is 0 Å². The first-order valence-electron chi connectivity index (χ1n) is 6.68. The van der Waals surface area contributed by atoms with E-state index in [0.29, 0.717) is 6.54 Å². The van der Waals surface area contributed by atoms with Crippen molar-refractivity contribution in [3.8, 4) is 5.75 Å². The van der Waals surface area contributed by atoms with Crippen LogP contribution in [0.1, 0.15) is 13.8 Å². The molecule has 106 valence electrons. The van der Waals surface area contributed by atoms with E-state index in [4.69, 9.17) is 4.74 Å². The molecule has 1 aromatic heterocycles. The molecule has 0 amide bonds. The molecule has 0 saturated carbocycles. The summed E-state index contributed by atoms with van der Waals surface area (Å²) in [7, 11) is 1.67. The maximum absolute atomic E-state index is 9.84. The molecular weight excluding hydrogens is 242 g/mol. The molecule has 1 saturated heterocycles. The van der Waals surface area contributed by atoms with Crippen molar-refractivity contribution >= 4 is 5.82 Å². The molecule has 2 rings (SSSR count). The van der Waals surface area contributed by atoms with Crippen LogP contribution < -0.4 is 9.64 Å². The minimum absolute atomic E-state index is 0.629. The monoisotopic (exact) mass is 265 g/mol. The van der Waals surface area contributed by atoms with Gasteiger partial charge in [-0.25, -0.2) is 4.98 Å². The molecule has 1 aliphatic heterocycles. The summed E-state index contributed by atoms with van der Waals surface area (Å²) in [6, 6.07) is 3.82. The highest BCUT2D eigenvalue weighted by atomic mass is 16.5. The molecule has 0 aliphatic carbocycles. The Kier molecular flexibility index (Phi) is 4.27. The van der Waals surface area contributed by atoms with Crippen molar-refractivity contribution in [3.05, 3.63) is 18.3 Å². The summed E-state index contributed by atoms with van der Waals surface area (Å²) in [6.07, 6.45) is 1.78. The molecule has 1 N–H and O–H groups in total. The molecule has 0 radical (unpaired) electrons. The first-order valence-corrected chi connectivity index (χ1v) is 6.68.